The van der Waals surface area contributed by atoms with Gasteiger partial charge in [-0.2, -0.15) is 11.8 Å². The minimum absolute atomic E-state index is 0.783. The molecule has 2 atom stereocenters. The van der Waals surface area contributed by atoms with Crippen LogP contribution < -0.4 is 5.32 Å². The number of hydrogen-bond acceptors (Lipinski definition) is 2. The molecule has 1 rings (SSSR count). The average Bonchev–Trinajstić information content (AvgIpc) is 2.60. The molecule has 0 aliphatic heterocycles. The molecule has 1 N–H and O–H groups in total. The van der Waals surface area contributed by atoms with E-state index in [1.54, 1.807) is 0 Å². The first kappa shape index (κ1) is 17.4. The Morgan fingerprint density at radius 3 is 2.53 bits per heavy atom. The molecular weight excluding hydrogens is 250 g/mol. The Morgan fingerprint density at radius 2 is 1.84 bits per heavy atom. The third-order valence-electron chi connectivity index (χ3n) is 4.34. The summed E-state index contributed by atoms with van der Waals surface area (Å²) in [5.74, 6) is 5.39. The van der Waals surface area contributed by atoms with Gasteiger partial charge in [-0.15, -0.1) is 0 Å². The zero-order valence-electron chi connectivity index (χ0n) is 13.4. The van der Waals surface area contributed by atoms with Crippen molar-refractivity contribution in [2.75, 3.05) is 24.6 Å². The van der Waals surface area contributed by atoms with Gasteiger partial charge in [0, 0.05) is 0 Å². The van der Waals surface area contributed by atoms with Gasteiger partial charge in [0.05, 0.1) is 0 Å². The number of hydrogen-bond donors (Lipinski definition) is 1. The molecule has 19 heavy (non-hydrogen) atoms. The maximum Gasteiger partial charge on any atom is -0.00178 e. The zero-order chi connectivity index (χ0) is 13.9. The van der Waals surface area contributed by atoms with E-state index in [4.69, 9.17) is 0 Å². The molecule has 0 bridgehead atoms. The van der Waals surface area contributed by atoms with Crippen LogP contribution in [0.1, 0.15) is 65.7 Å². The minimum atomic E-state index is 0.783. The summed E-state index contributed by atoms with van der Waals surface area (Å²) in [6, 6.07) is 0. The molecule has 0 aromatic heterocycles. The molecular formula is C17H35NS. The first-order valence-corrected chi connectivity index (χ1v) is 9.68. The van der Waals surface area contributed by atoms with Crippen molar-refractivity contribution in [3.63, 3.8) is 0 Å². The third kappa shape index (κ3) is 8.24. The van der Waals surface area contributed by atoms with Crippen molar-refractivity contribution in [3.8, 4) is 0 Å². The molecule has 1 saturated carbocycles. The number of nitrogens with one attached hydrogen (secondary N) is 1. The lowest BCUT2D eigenvalue weighted by Gasteiger charge is -2.26. The molecule has 0 saturated heterocycles. The topological polar surface area (TPSA) is 12.0 Å². The van der Waals surface area contributed by atoms with Crippen LogP contribution in [0.3, 0.4) is 0 Å². The van der Waals surface area contributed by atoms with Gasteiger partial charge in [0.1, 0.15) is 0 Å². The van der Waals surface area contributed by atoms with Crippen LogP contribution in [0.5, 0.6) is 0 Å². The van der Waals surface area contributed by atoms with E-state index in [-0.39, 0.29) is 0 Å². The standard InChI is InChI=1S/C17H35NS/c1-4-19-12-8-11-16-9-6-5-7-10-17(16)14-18-13-15(2)3/h15-18H,4-14H2,1-3H3. The predicted molar refractivity (Wildman–Crippen MR) is 90.0 cm³/mol. The highest BCUT2D eigenvalue weighted by Crippen LogP contribution is 2.32. The van der Waals surface area contributed by atoms with E-state index in [1.807, 2.05) is 0 Å². The summed E-state index contributed by atoms with van der Waals surface area (Å²) < 4.78 is 0. The first-order valence-electron chi connectivity index (χ1n) is 8.52. The van der Waals surface area contributed by atoms with Crippen LogP contribution in [0, 0.1) is 17.8 Å². The number of rotatable bonds is 9. The van der Waals surface area contributed by atoms with E-state index >= 15 is 0 Å². The molecule has 1 aliphatic carbocycles. The molecule has 0 heterocycles. The van der Waals surface area contributed by atoms with Gasteiger partial charge in [-0.3, -0.25) is 0 Å². The van der Waals surface area contributed by atoms with Crippen LogP contribution >= 0.6 is 11.8 Å². The molecule has 1 nitrogen and oxygen atoms in total. The fourth-order valence-corrected chi connectivity index (χ4v) is 3.92. The largest absolute Gasteiger partial charge is 0.316 e. The van der Waals surface area contributed by atoms with Crippen LogP contribution in [-0.2, 0) is 0 Å². The van der Waals surface area contributed by atoms with E-state index < -0.39 is 0 Å². The Balaban J connectivity index is 2.28. The molecule has 2 heteroatoms. The van der Waals surface area contributed by atoms with Gasteiger partial charge in [-0.1, -0.05) is 46.5 Å². The second-order valence-electron chi connectivity index (χ2n) is 6.55. The second kappa shape index (κ2) is 11.0. The molecule has 0 amide bonds. The number of thioether (sulfide) groups is 1. The van der Waals surface area contributed by atoms with Crippen molar-refractivity contribution in [1.82, 2.24) is 5.32 Å². The molecule has 0 spiro atoms. The minimum Gasteiger partial charge on any atom is -0.316 e. The SMILES string of the molecule is CCSCCCC1CCCCCC1CNCC(C)C. The molecule has 0 radical (unpaired) electrons. The summed E-state index contributed by atoms with van der Waals surface area (Å²) in [5, 5.41) is 3.71. The molecule has 0 aromatic rings. The van der Waals surface area contributed by atoms with Gasteiger partial charge < -0.3 is 5.32 Å². The average molecular weight is 286 g/mol. The molecule has 114 valence electrons. The molecule has 0 aromatic carbocycles. The van der Waals surface area contributed by atoms with E-state index in [2.05, 4.69) is 37.8 Å². The second-order valence-corrected chi connectivity index (χ2v) is 7.94. The molecule has 1 fully saturated rings. The molecule has 2 unspecified atom stereocenters. The predicted octanol–water partition coefficient (Wildman–Crippen LogP) is 4.96. The Bertz CT molecular complexity index is 205. The van der Waals surface area contributed by atoms with E-state index in [0.717, 1.165) is 17.8 Å². The quantitative estimate of drug-likeness (QED) is 0.474. The first-order chi connectivity index (χ1) is 9.24. The fourth-order valence-electron chi connectivity index (χ4n) is 3.26. The Hall–Kier alpha value is 0.310. The van der Waals surface area contributed by atoms with Crippen LogP contribution in [-0.4, -0.2) is 24.6 Å². The molecule has 1 aliphatic rings. The summed E-state index contributed by atoms with van der Waals surface area (Å²) >= 11 is 2.11. The van der Waals surface area contributed by atoms with Crippen molar-refractivity contribution in [2.45, 2.75) is 65.7 Å². The van der Waals surface area contributed by atoms with Crippen LogP contribution in [0.25, 0.3) is 0 Å². The van der Waals surface area contributed by atoms with Crippen molar-refractivity contribution >= 4 is 11.8 Å². The smallest absolute Gasteiger partial charge is 0.00178 e. The van der Waals surface area contributed by atoms with Crippen LogP contribution in [0.15, 0.2) is 0 Å². The van der Waals surface area contributed by atoms with Crippen LogP contribution in [0.4, 0.5) is 0 Å². The lowest BCUT2D eigenvalue weighted by molar-refractivity contribution is 0.279. The van der Waals surface area contributed by atoms with Gasteiger partial charge >= 0.3 is 0 Å². The van der Waals surface area contributed by atoms with Gasteiger partial charge in [-0.25, -0.2) is 0 Å². The maximum atomic E-state index is 3.71. The summed E-state index contributed by atoms with van der Waals surface area (Å²) in [7, 11) is 0. The van der Waals surface area contributed by atoms with E-state index in [0.29, 0.717) is 0 Å². The highest BCUT2D eigenvalue weighted by Gasteiger charge is 2.22. The van der Waals surface area contributed by atoms with Crippen molar-refractivity contribution < 1.29 is 0 Å². The van der Waals surface area contributed by atoms with E-state index in [9.17, 15) is 0 Å². The van der Waals surface area contributed by atoms with Crippen molar-refractivity contribution in [2.24, 2.45) is 17.8 Å². The summed E-state index contributed by atoms with van der Waals surface area (Å²) in [5.41, 5.74) is 0. The Labute approximate surface area is 125 Å². The van der Waals surface area contributed by atoms with Gasteiger partial charge in [0.2, 0.25) is 0 Å². The summed E-state index contributed by atoms with van der Waals surface area (Å²) in [6.07, 6.45) is 10.3. The lowest BCUT2D eigenvalue weighted by Crippen LogP contribution is -2.30. The van der Waals surface area contributed by atoms with Gasteiger partial charge in [0.15, 0.2) is 0 Å². The highest BCUT2D eigenvalue weighted by atomic mass is 32.2. The zero-order valence-corrected chi connectivity index (χ0v) is 14.2. The van der Waals surface area contributed by atoms with E-state index in [1.165, 1.54) is 69.5 Å². The normalized spacial score (nSPS) is 24.6. The third-order valence-corrected chi connectivity index (χ3v) is 5.33. The van der Waals surface area contributed by atoms with Crippen molar-refractivity contribution in [1.29, 1.82) is 0 Å². The van der Waals surface area contributed by atoms with Gasteiger partial charge in [-0.05, 0) is 61.6 Å². The van der Waals surface area contributed by atoms with Crippen LogP contribution in [0.2, 0.25) is 0 Å². The van der Waals surface area contributed by atoms with Gasteiger partial charge in [0.25, 0.3) is 0 Å². The Kier molecular flexibility index (Phi) is 10.1. The van der Waals surface area contributed by atoms with Crippen molar-refractivity contribution in [3.05, 3.63) is 0 Å². The lowest BCUT2D eigenvalue weighted by atomic mass is 9.84. The fraction of sp³-hybridized carbons (Fsp3) is 1.00. The maximum absolute atomic E-state index is 3.71. The summed E-state index contributed by atoms with van der Waals surface area (Å²) in [4.78, 5) is 0. The monoisotopic (exact) mass is 285 g/mol. The Morgan fingerprint density at radius 1 is 1.11 bits per heavy atom. The highest BCUT2D eigenvalue weighted by molar-refractivity contribution is 7.99. The summed E-state index contributed by atoms with van der Waals surface area (Å²) in [6.45, 7) is 9.34.